The fraction of sp³-hybridized carbons (Fsp3) is 0.333. The monoisotopic (exact) mass is 384 g/mol. The van der Waals surface area contributed by atoms with E-state index in [4.69, 9.17) is 0 Å². The number of aryl methyl sites for hydroxylation is 1. The fourth-order valence-corrected chi connectivity index (χ4v) is 3.03. The van der Waals surface area contributed by atoms with Gasteiger partial charge in [-0.2, -0.15) is 0 Å². The Labute approximate surface area is 164 Å². The molecule has 1 aromatic carbocycles. The average Bonchev–Trinajstić information content (AvgIpc) is 3.43. The van der Waals surface area contributed by atoms with Crippen molar-refractivity contribution in [2.45, 2.75) is 25.4 Å². The van der Waals surface area contributed by atoms with E-state index in [0.29, 0.717) is 6.54 Å². The van der Waals surface area contributed by atoms with Crippen LogP contribution in [0.4, 0.5) is 14.9 Å². The number of hydrogen-bond donors (Lipinski definition) is 1. The summed E-state index contributed by atoms with van der Waals surface area (Å²) in [5, 5.41) is 2.53. The molecule has 6 nitrogen and oxygen atoms in total. The van der Waals surface area contributed by atoms with Crippen LogP contribution in [0.1, 0.15) is 18.5 Å². The highest BCUT2D eigenvalue weighted by molar-refractivity contribution is 5.92. The molecule has 1 aliphatic carbocycles. The minimum absolute atomic E-state index is 0.0804. The Morgan fingerprint density at radius 3 is 2.64 bits per heavy atom. The highest BCUT2D eigenvalue weighted by atomic mass is 19.1. The highest BCUT2D eigenvalue weighted by Gasteiger charge is 2.34. The molecule has 0 bridgehead atoms. The number of hydrogen-bond acceptors (Lipinski definition) is 2. The zero-order chi connectivity index (χ0) is 20.1. The minimum Gasteiger partial charge on any atom is -0.353 e. The molecule has 1 heterocycles. The summed E-state index contributed by atoms with van der Waals surface area (Å²) < 4.78 is 15.8. The summed E-state index contributed by atoms with van der Waals surface area (Å²) in [6.45, 7) is 4.26. The first kappa shape index (κ1) is 19.7. The molecule has 3 amide bonds. The summed E-state index contributed by atoms with van der Waals surface area (Å²) in [4.78, 5) is 28.7. The van der Waals surface area contributed by atoms with Gasteiger partial charge in [0.05, 0.1) is 12.2 Å². The molecule has 1 aromatic heterocycles. The van der Waals surface area contributed by atoms with Crippen molar-refractivity contribution < 1.29 is 14.0 Å². The molecule has 1 N–H and O–H groups in total. The fourth-order valence-electron chi connectivity index (χ4n) is 3.03. The summed E-state index contributed by atoms with van der Waals surface area (Å²) >= 11 is 0. The summed E-state index contributed by atoms with van der Waals surface area (Å²) in [6, 6.07) is 9.53. The maximum Gasteiger partial charge on any atom is 0.322 e. The van der Waals surface area contributed by atoms with Crippen LogP contribution in [0.25, 0.3) is 0 Å². The second-order valence-corrected chi connectivity index (χ2v) is 6.94. The van der Waals surface area contributed by atoms with E-state index in [2.05, 4.69) is 11.9 Å². The van der Waals surface area contributed by atoms with Crippen molar-refractivity contribution in [2.75, 3.05) is 18.4 Å². The molecule has 0 radical (unpaired) electrons. The number of carbonyl (C=O) groups is 2. The van der Waals surface area contributed by atoms with Gasteiger partial charge in [0.25, 0.3) is 0 Å². The number of anilines is 1. The Morgan fingerprint density at radius 1 is 1.29 bits per heavy atom. The van der Waals surface area contributed by atoms with Crippen LogP contribution in [0.15, 0.2) is 55.3 Å². The predicted molar refractivity (Wildman–Crippen MR) is 106 cm³/mol. The van der Waals surface area contributed by atoms with Crippen molar-refractivity contribution in [3.05, 3.63) is 66.8 Å². The number of benzene rings is 1. The molecule has 1 saturated carbocycles. The molecule has 0 spiro atoms. The van der Waals surface area contributed by atoms with Crippen LogP contribution >= 0.6 is 0 Å². The molecule has 148 valence electrons. The van der Waals surface area contributed by atoms with Crippen molar-refractivity contribution >= 4 is 17.6 Å². The first-order valence-corrected chi connectivity index (χ1v) is 9.30. The molecular formula is C21H25FN4O2. The number of halogens is 1. The lowest BCUT2D eigenvalue weighted by molar-refractivity contribution is -0.133. The number of carbonyl (C=O) groups excluding carboxylic acids is 2. The molecule has 0 aliphatic heterocycles. The van der Waals surface area contributed by atoms with Gasteiger partial charge in [-0.25, -0.2) is 9.18 Å². The molecule has 2 aromatic rings. The lowest BCUT2D eigenvalue weighted by atomic mass is 10.3. The molecule has 1 fully saturated rings. The average molecular weight is 384 g/mol. The third kappa shape index (κ3) is 4.79. The van der Waals surface area contributed by atoms with Gasteiger partial charge < -0.3 is 19.7 Å². The van der Waals surface area contributed by atoms with E-state index in [0.717, 1.165) is 18.5 Å². The van der Waals surface area contributed by atoms with Crippen LogP contribution in [0, 0.1) is 5.82 Å². The van der Waals surface area contributed by atoms with Crippen LogP contribution in [-0.2, 0) is 18.4 Å². The number of aromatic nitrogens is 1. The molecule has 0 saturated heterocycles. The maximum atomic E-state index is 13.8. The van der Waals surface area contributed by atoms with Crippen molar-refractivity contribution in [2.24, 2.45) is 7.05 Å². The molecule has 28 heavy (non-hydrogen) atoms. The van der Waals surface area contributed by atoms with Crippen LogP contribution in [0.2, 0.25) is 0 Å². The van der Waals surface area contributed by atoms with Gasteiger partial charge in [-0.15, -0.1) is 6.58 Å². The smallest absolute Gasteiger partial charge is 0.322 e. The van der Waals surface area contributed by atoms with Gasteiger partial charge in [0, 0.05) is 31.5 Å². The summed E-state index contributed by atoms with van der Waals surface area (Å²) in [7, 11) is 1.94. The van der Waals surface area contributed by atoms with Crippen LogP contribution in [-0.4, -0.2) is 45.4 Å². The van der Waals surface area contributed by atoms with Gasteiger partial charge in [-0.3, -0.25) is 4.79 Å². The number of urea groups is 1. The molecular weight excluding hydrogens is 359 g/mol. The van der Waals surface area contributed by atoms with Crippen LogP contribution in [0.5, 0.6) is 0 Å². The lowest BCUT2D eigenvalue weighted by Gasteiger charge is -2.27. The van der Waals surface area contributed by atoms with Crippen molar-refractivity contribution in [1.29, 1.82) is 0 Å². The van der Waals surface area contributed by atoms with E-state index < -0.39 is 11.8 Å². The number of amides is 3. The number of rotatable bonds is 8. The maximum absolute atomic E-state index is 13.8. The first-order chi connectivity index (χ1) is 13.5. The second kappa shape index (κ2) is 8.73. The number of para-hydroxylation sites is 1. The highest BCUT2D eigenvalue weighted by Crippen LogP contribution is 2.28. The second-order valence-electron chi connectivity index (χ2n) is 6.94. The third-order valence-electron chi connectivity index (χ3n) is 4.77. The predicted octanol–water partition coefficient (Wildman–Crippen LogP) is 3.38. The molecule has 0 unspecified atom stereocenters. The molecule has 3 rings (SSSR count). The first-order valence-electron chi connectivity index (χ1n) is 9.30. The van der Waals surface area contributed by atoms with Gasteiger partial charge in [-0.1, -0.05) is 18.2 Å². The Morgan fingerprint density at radius 2 is 2.04 bits per heavy atom. The third-order valence-corrected chi connectivity index (χ3v) is 4.77. The SMILES string of the molecule is C=CCN(CC(=O)N(Cc1cccn1C)C1CC1)C(=O)Nc1ccccc1F. The molecule has 0 atom stereocenters. The van der Waals surface area contributed by atoms with Gasteiger partial charge in [0.15, 0.2) is 0 Å². The molecule has 7 heteroatoms. The van der Waals surface area contributed by atoms with Crippen LogP contribution < -0.4 is 5.32 Å². The quantitative estimate of drug-likeness (QED) is 0.710. The Balaban J connectivity index is 1.68. The van der Waals surface area contributed by atoms with Gasteiger partial charge >= 0.3 is 6.03 Å². The minimum atomic E-state index is -0.534. The van der Waals surface area contributed by atoms with E-state index in [1.165, 1.54) is 17.0 Å². The van der Waals surface area contributed by atoms with E-state index >= 15 is 0 Å². The Hall–Kier alpha value is -3.09. The van der Waals surface area contributed by atoms with E-state index in [1.54, 1.807) is 18.2 Å². The van der Waals surface area contributed by atoms with E-state index in [-0.39, 0.29) is 30.7 Å². The standard InChI is InChI=1S/C21H25FN4O2/c1-3-12-25(21(28)23-19-9-5-4-8-18(19)22)15-20(27)26(16-10-11-16)14-17-7-6-13-24(17)2/h3-9,13,16H,1,10-12,14-15H2,2H3,(H,23,28). The zero-order valence-corrected chi connectivity index (χ0v) is 16.0. The van der Waals surface area contributed by atoms with E-state index in [9.17, 15) is 14.0 Å². The molecule has 1 aliphatic rings. The van der Waals surface area contributed by atoms with Gasteiger partial charge in [0.1, 0.15) is 12.4 Å². The van der Waals surface area contributed by atoms with Crippen molar-refractivity contribution in [3.63, 3.8) is 0 Å². The van der Waals surface area contributed by atoms with Crippen molar-refractivity contribution in [1.82, 2.24) is 14.4 Å². The summed E-state index contributed by atoms with van der Waals surface area (Å²) in [5.74, 6) is -0.654. The summed E-state index contributed by atoms with van der Waals surface area (Å²) in [6.07, 6.45) is 5.43. The van der Waals surface area contributed by atoms with Gasteiger partial charge in [0.2, 0.25) is 5.91 Å². The zero-order valence-electron chi connectivity index (χ0n) is 16.0. The Bertz CT molecular complexity index is 860. The number of nitrogens with one attached hydrogen (secondary N) is 1. The lowest BCUT2D eigenvalue weighted by Crippen LogP contribution is -2.45. The Kier molecular flexibility index (Phi) is 6.13. The van der Waals surface area contributed by atoms with E-state index in [1.807, 2.05) is 34.8 Å². The van der Waals surface area contributed by atoms with Crippen LogP contribution in [0.3, 0.4) is 0 Å². The van der Waals surface area contributed by atoms with Gasteiger partial charge in [-0.05, 0) is 37.1 Å². The number of nitrogens with zero attached hydrogens (tertiary/aromatic N) is 3. The summed E-state index contributed by atoms with van der Waals surface area (Å²) in [5.41, 5.74) is 1.11. The topological polar surface area (TPSA) is 57.6 Å². The normalized spacial score (nSPS) is 13.1. The largest absolute Gasteiger partial charge is 0.353 e. The van der Waals surface area contributed by atoms with Crippen molar-refractivity contribution in [3.8, 4) is 0 Å².